The fraction of sp³-hybridized carbons (Fsp3) is 0.120. The van der Waals surface area contributed by atoms with Crippen molar-refractivity contribution in [3.05, 3.63) is 83.9 Å². The van der Waals surface area contributed by atoms with Crippen molar-refractivity contribution < 1.29 is 23.0 Å². The fourth-order valence-electron chi connectivity index (χ4n) is 3.35. The maximum absolute atomic E-state index is 14.9. The molecule has 31 heavy (non-hydrogen) atoms. The summed E-state index contributed by atoms with van der Waals surface area (Å²) in [4.78, 5) is 16.0. The van der Waals surface area contributed by atoms with Crippen molar-refractivity contribution in [1.82, 2.24) is 4.98 Å². The van der Waals surface area contributed by atoms with Crippen LogP contribution in [0.3, 0.4) is 0 Å². The number of ether oxygens (including phenoxy) is 2. The van der Waals surface area contributed by atoms with Crippen LogP contribution in [-0.4, -0.2) is 31.6 Å². The fourth-order valence-corrected chi connectivity index (χ4v) is 3.35. The normalized spacial score (nSPS) is 10.9. The number of carbonyl (C=O) groups excluding carboxylic acids is 1. The molecular weight excluding hydrogens is 400 g/mol. The van der Waals surface area contributed by atoms with E-state index in [1.54, 1.807) is 43.5 Å². The van der Waals surface area contributed by atoms with Gasteiger partial charge in [-0.1, -0.05) is 24.3 Å². The molecule has 4 rings (SSSR count). The molecule has 4 aromatic rings. The number of aromatic nitrogens is 1. The van der Waals surface area contributed by atoms with Crippen molar-refractivity contribution in [2.45, 2.75) is 0 Å². The first-order valence-electron chi connectivity index (χ1n) is 9.66. The molecule has 1 aromatic heterocycles. The van der Waals surface area contributed by atoms with E-state index in [-0.39, 0.29) is 0 Å². The Bertz CT molecular complexity index is 1240. The van der Waals surface area contributed by atoms with Crippen molar-refractivity contribution in [2.75, 3.05) is 20.3 Å². The van der Waals surface area contributed by atoms with Crippen molar-refractivity contribution in [3.8, 4) is 28.1 Å². The molecule has 0 unspecified atom stereocenters. The molecule has 0 bridgehead atoms. The van der Waals surface area contributed by atoms with Gasteiger partial charge in [0.2, 0.25) is 0 Å². The molecule has 0 N–H and O–H groups in total. The summed E-state index contributed by atoms with van der Waals surface area (Å²) in [6.07, 6.45) is 0.647. The van der Waals surface area contributed by atoms with Crippen LogP contribution in [0.25, 0.3) is 33.3 Å². The monoisotopic (exact) mass is 419 g/mol. The summed E-state index contributed by atoms with van der Waals surface area (Å²) in [6, 6.07) is 17.5. The molecule has 0 radical (unpaired) electrons. The minimum Gasteiger partial charge on any atom is -0.491 e. The number of rotatable bonds is 7. The molecule has 0 aliphatic rings. The Morgan fingerprint density at radius 1 is 0.903 bits per heavy atom. The third kappa shape index (κ3) is 4.44. The molecule has 0 saturated carbocycles. The predicted molar refractivity (Wildman–Crippen MR) is 115 cm³/mol. The highest BCUT2D eigenvalue weighted by Gasteiger charge is 2.12. The minimum atomic E-state index is -0.448. The number of nitrogens with zero attached hydrogens (tertiary/aromatic N) is 1. The number of pyridine rings is 1. The number of hydrogen-bond donors (Lipinski definition) is 0. The topological polar surface area (TPSA) is 48.4 Å². The van der Waals surface area contributed by atoms with Gasteiger partial charge in [0.05, 0.1) is 17.8 Å². The quantitative estimate of drug-likeness (QED) is 0.285. The summed E-state index contributed by atoms with van der Waals surface area (Å²) in [5.74, 6) is -0.189. The molecule has 6 heteroatoms. The third-order valence-electron chi connectivity index (χ3n) is 4.92. The summed E-state index contributed by atoms with van der Waals surface area (Å²) in [5.41, 5.74) is 2.87. The van der Waals surface area contributed by atoms with Gasteiger partial charge in [-0.05, 0) is 48.0 Å². The number of methoxy groups -OCH3 is 1. The van der Waals surface area contributed by atoms with E-state index in [2.05, 4.69) is 4.98 Å². The maximum Gasteiger partial charge on any atom is 0.150 e. The second-order valence-corrected chi connectivity index (χ2v) is 6.94. The maximum atomic E-state index is 14.9. The zero-order valence-electron chi connectivity index (χ0n) is 16.8. The van der Waals surface area contributed by atoms with Crippen LogP contribution in [0.4, 0.5) is 8.78 Å². The molecule has 0 aliphatic heterocycles. The van der Waals surface area contributed by atoms with Gasteiger partial charge in [0, 0.05) is 29.2 Å². The number of benzene rings is 3. The SMILES string of the molecule is COCCOc1ccc(-c2ccc(-c3cc(C=O)c4cc(F)ccc4n3)cc2F)cc1. The first-order chi connectivity index (χ1) is 15.1. The molecule has 0 fully saturated rings. The summed E-state index contributed by atoms with van der Waals surface area (Å²) < 4.78 is 38.9. The highest BCUT2D eigenvalue weighted by atomic mass is 19.1. The lowest BCUT2D eigenvalue weighted by molar-refractivity contribution is 0.112. The number of fused-ring (bicyclic) bond motifs is 1. The highest BCUT2D eigenvalue weighted by Crippen LogP contribution is 2.30. The van der Waals surface area contributed by atoms with Crippen molar-refractivity contribution in [3.63, 3.8) is 0 Å². The third-order valence-corrected chi connectivity index (χ3v) is 4.92. The van der Waals surface area contributed by atoms with E-state index in [1.165, 1.54) is 30.3 Å². The van der Waals surface area contributed by atoms with E-state index in [9.17, 15) is 13.6 Å². The summed E-state index contributed by atoms with van der Waals surface area (Å²) >= 11 is 0. The van der Waals surface area contributed by atoms with Crippen LogP contribution in [0, 0.1) is 11.6 Å². The lowest BCUT2D eigenvalue weighted by Gasteiger charge is -2.10. The van der Waals surface area contributed by atoms with Crippen LogP contribution in [0.5, 0.6) is 5.75 Å². The van der Waals surface area contributed by atoms with Crippen LogP contribution < -0.4 is 4.74 Å². The molecule has 4 nitrogen and oxygen atoms in total. The van der Waals surface area contributed by atoms with Gasteiger partial charge in [0.25, 0.3) is 0 Å². The molecule has 0 atom stereocenters. The molecular formula is C25H19F2NO3. The van der Waals surface area contributed by atoms with Crippen LogP contribution in [-0.2, 0) is 4.74 Å². The van der Waals surface area contributed by atoms with Gasteiger partial charge >= 0.3 is 0 Å². The molecule has 0 saturated heterocycles. The van der Waals surface area contributed by atoms with Crippen LogP contribution in [0.15, 0.2) is 66.7 Å². The van der Waals surface area contributed by atoms with E-state index in [0.29, 0.717) is 64.1 Å². The van der Waals surface area contributed by atoms with E-state index < -0.39 is 11.6 Å². The van der Waals surface area contributed by atoms with E-state index >= 15 is 0 Å². The van der Waals surface area contributed by atoms with E-state index in [1.807, 2.05) is 0 Å². The molecule has 0 amide bonds. The summed E-state index contributed by atoms with van der Waals surface area (Å²) in [5, 5.41) is 0.420. The van der Waals surface area contributed by atoms with Crippen LogP contribution >= 0.6 is 0 Å². The van der Waals surface area contributed by atoms with Crippen LogP contribution in [0.1, 0.15) is 10.4 Å². The number of hydrogen-bond acceptors (Lipinski definition) is 4. The van der Waals surface area contributed by atoms with Gasteiger partial charge in [0.15, 0.2) is 6.29 Å². The summed E-state index contributed by atoms with van der Waals surface area (Å²) in [7, 11) is 1.60. The Morgan fingerprint density at radius 2 is 1.68 bits per heavy atom. The molecule has 0 aliphatic carbocycles. The largest absolute Gasteiger partial charge is 0.491 e. The van der Waals surface area contributed by atoms with Gasteiger partial charge in [-0.15, -0.1) is 0 Å². The lowest BCUT2D eigenvalue weighted by Crippen LogP contribution is -2.03. The molecule has 3 aromatic carbocycles. The van der Waals surface area contributed by atoms with Gasteiger partial charge in [0.1, 0.15) is 24.0 Å². The average molecular weight is 419 g/mol. The molecule has 0 spiro atoms. The predicted octanol–water partition coefficient (Wildman–Crippen LogP) is 5.68. The Morgan fingerprint density at radius 3 is 2.39 bits per heavy atom. The number of halogens is 2. The first-order valence-corrected chi connectivity index (χ1v) is 9.66. The zero-order valence-corrected chi connectivity index (χ0v) is 16.8. The van der Waals surface area contributed by atoms with Crippen molar-refractivity contribution in [2.24, 2.45) is 0 Å². The smallest absolute Gasteiger partial charge is 0.150 e. The summed E-state index contributed by atoms with van der Waals surface area (Å²) in [6.45, 7) is 0.925. The Hall–Kier alpha value is -3.64. The van der Waals surface area contributed by atoms with Gasteiger partial charge in [-0.2, -0.15) is 0 Å². The van der Waals surface area contributed by atoms with E-state index in [0.717, 1.165) is 0 Å². The first kappa shape index (κ1) is 20.6. The number of aldehydes is 1. The Balaban J connectivity index is 1.65. The molecule has 1 heterocycles. The van der Waals surface area contributed by atoms with E-state index in [4.69, 9.17) is 9.47 Å². The number of carbonyl (C=O) groups is 1. The Kier molecular flexibility index (Phi) is 6.00. The van der Waals surface area contributed by atoms with Crippen molar-refractivity contribution in [1.29, 1.82) is 0 Å². The lowest BCUT2D eigenvalue weighted by atomic mass is 10.00. The second kappa shape index (κ2) is 9.02. The zero-order chi connectivity index (χ0) is 21.8. The van der Waals surface area contributed by atoms with Gasteiger partial charge < -0.3 is 9.47 Å². The van der Waals surface area contributed by atoms with Gasteiger partial charge in [-0.25, -0.2) is 13.8 Å². The highest BCUT2D eigenvalue weighted by molar-refractivity contribution is 5.98. The Labute approximate surface area is 178 Å². The van der Waals surface area contributed by atoms with Crippen molar-refractivity contribution >= 4 is 17.2 Å². The minimum absolute atomic E-state index is 0.299. The average Bonchev–Trinajstić information content (AvgIpc) is 2.79. The second-order valence-electron chi connectivity index (χ2n) is 6.94. The van der Waals surface area contributed by atoms with Crippen LogP contribution in [0.2, 0.25) is 0 Å². The molecule has 156 valence electrons. The standard InChI is InChI=1S/C25H19F2NO3/c1-30-10-11-31-20-6-2-16(3-7-20)21-8-4-17(12-23(21)27)25-13-18(15-29)22-14-19(26)5-9-24(22)28-25/h2-9,12-15H,10-11H2,1H3. The van der Waals surface area contributed by atoms with Gasteiger partial charge in [-0.3, -0.25) is 4.79 Å².